The lowest BCUT2D eigenvalue weighted by Gasteiger charge is -2.13. The molecule has 2 aromatic carbocycles. The summed E-state index contributed by atoms with van der Waals surface area (Å²) in [5.41, 5.74) is 4.36. The van der Waals surface area contributed by atoms with Crippen molar-refractivity contribution >= 4 is 23.4 Å². The summed E-state index contributed by atoms with van der Waals surface area (Å²) in [5.74, 6) is 1.20. The van der Waals surface area contributed by atoms with Crippen LogP contribution in [0.15, 0.2) is 53.7 Å². The van der Waals surface area contributed by atoms with Crippen LogP contribution in [-0.4, -0.2) is 26.4 Å². The minimum atomic E-state index is -0.0238. The Hall–Kier alpha value is -2.60. The second kappa shape index (κ2) is 9.55. The van der Waals surface area contributed by atoms with E-state index >= 15 is 0 Å². The fourth-order valence-electron chi connectivity index (χ4n) is 3.16. The fraction of sp³-hybridized carbons (Fsp3) is 0.318. The summed E-state index contributed by atoms with van der Waals surface area (Å²) >= 11 is 1.43. The standard InChI is InChI=1S/C22H26N4OS/c1-4-18-13-9-10-16(3)21(18)23-20(27)15-28-22-25-24-19(26(22)5-2)14-17-11-7-6-8-12-17/h6-13H,4-5,14-15H2,1-3H3,(H,23,27). The molecule has 3 rings (SSSR count). The molecule has 0 aliphatic carbocycles. The minimum Gasteiger partial charge on any atom is -0.325 e. The zero-order valence-corrected chi connectivity index (χ0v) is 17.4. The van der Waals surface area contributed by atoms with Crippen molar-refractivity contribution in [3.8, 4) is 0 Å². The van der Waals surface area contributed by atoms with Gasteiger partial charge in [0.25, 0.3) is 0 Å². The van der Waals surface area contributed by atoms with Crippen LogP contribution >= 0.6 is 11.8 Å². The number of rotatable bonds is 8. The van der Waals surface area contributed by atoms with Crippen molar-refractivity contribution in [2.45, 2.75) is 45.3 Å². The summed E-state index contributed by atoms with van der Waals surface area (Å²) in [6.45, 7) is 6.96. The number of hydrogen-bond donors (Lipinski definition) is 1. The third kappa shape index (κ3) is 4.81. The Balaban J connectivity index is 1.65. The Labute approximate surface area is 170 Å². The molecule has 5 nitrogen and oxygen atoms in total. The number of hydrogen-bond acceptors (Lipinski definition) is 4. The number of aryl methyl sites for hydroxylation is 2. The predicted octanol–water partition coefficient (Wildman–Crippen LogP) is 4.49. The van der Waals surface area contributed by atoms with Crippen LogP contribution in [0, 0.1) is 6.92 Å². The van der Waals surface area contributed by atoms with Crippen molar-refractivity contribution in [2.75, 3.05) is 11.1 Å². The molecule has 1 N–H and O–H groups in total. The zero-order valence-electron chi connectivity index (χ0n) is 16.6. The van der Waals surface area contributed by atoms with Gasteiger partial charge in [0.05, 0.1) is 5.75 Å². The van der Waals surface area contributed by atoms with Crippen LogP contribution in [0.25, 0.3) is 0 Å². The van der Waals surface area contributed by atoms with E-state index < -0.39 is 0 Å². The summed E-state index contributed by atoms with van der Waals surface area (Å²) in [6, 6.07) is 16.3. The van der Waals surface area contributed by atoms with Gasteiger partial charge in [0.2, 0.25) is 5.91 Å². The highest BCUT2D eigenvalue weighted by atomic mass is 32.2. The average Bonchev–Trinajstić information content (AvgIpc) is 3.10. The smallest absolute Gasteiger partial charge is 0.234 e. The Morgan fingerprint density at radius 2 is 1.86 bits per heavy atom. The number of aromatic nitrogens is 3. The number of benzene rings is 2. The molecule has 0 aliphatic rings. The molecule has 0 saturated heterocycles. The number of anilines is 1. The number of amides is 1. The van der Waals surface area contributed by atoms with Crippen molar-refractivity contribution in [2.24, 2.45) is 0 Å². The molecule has 0 aliphatic heterocycles. The lowest BCUT2D eigenvalue weighted by Crippen LogP contribution is -2.16. The largest absolute Gasteiger partial charge is 0.325 e. The second-order valence-corrected chi connectivity index (χ2v) is 7.55. The second-order valence-electron chi connectivity index (χ2n) is 6.60. The topological polar surface area (TPSA) is 59.8 Å². The molecule has 1 heterocycles. The summed E-state index contributed by atoms with van der Waals surface area (Å²) in [4.78, 5) is 12.5. The van der Waals surface area contributed by atoms with Crippen LogP contribution in [0.1, 0.15) is 36.4 Å². The van der Waals surface area contributed by atoms with Crippen molar-refractivity contribution in [1.82, 2.24) is 14.8 Å². The summed E-state index contributed by atoms with van der Waals surface area (Å²) in [7, 11) is 0. The van der Waals surface area contributed by atoms with Crippen molar-refractivity contribution in [1.29, 1.82) is 0 Å². The maximum atomic E-state index is 12.5. The molecule has 1 aromatic heterocycles. The van der Waals surface area contributed by atoms with Gasteiger partial charge in [0.1, 0.15) is 5.82 Å². The summed E-state index contributed by atoms with van der Waals surface area (Å²) in [5, 5.41) is 12.5. The van der Waals surface area contributed by atoms with E-state index in [-0.39, 0.29) is 5.91 Å². The van der Waals surface area contributed by atoms with E-state index in [9.17, 15) is 4.79 Å². The first kappa shape index (κ1) is 20.1. The number of nitrogens with zero attached hydrogens (tertiary/aromatic N) is 3. The maximum absolute atomic E-state index is 12.5. The van der Waals surface area contributed by atoms with Crippen LogP contribution in [0.2, 0.25) is 0 Å². The Kier molecular flexibility index (Phi) is 6.87. The highest BCUT2D eigenvalue weighted by Gasteiger charge is 2.14. The molecule has 3 aromatic rings. The van der Waals surface area contributed by atoms with E-state index in [1.54, 1.807) is 0 Å². The highest BCUT2D eigenvalue weighted by Crippen LogP contribution is 2.23. The maximum Gasteiger partial charge on any atom is 0.234 e. The number of para-hydroxylation sites is 1. The van der Waals surface area contributed by atoms with E-state index in [1.807, 2.05) is 37.3 Å². The molecule has 0 spiro atoms. The van der Waals surface area contributed by atoms with E-state index in [4.69, 9.17) is 0 Å². The molecule has 0 atom stereocenters. The SMILES string of the molecule is CCc1cccc(C)c1NC(=O)CSc1nnc(Cc2ccccc2)n1CC. The van der Waals surface area contributed by atoms with Gasteiger partial charge in [-0.25, -0.2) is 0 Å². The average molecular weight is 395 g/mol. The number of carbonyl (C=O) groups excluding carboxylic acids is 1. The van der Waals surface area contributed by atoms with Crippen LogP contribution in [0.4, 0.5) is 5.69 Å². The molecule has 0 fully saturated rings. The number of thioether (sulfide) groups is 1. The first-order valence-electron chi connectivity index (χ1n) is 9.59. The van der Waals surface area contributed by atoms with Crippen LogP contribution in [0.5, 0.6) is 0 Å². The monoisotopic (exact) mass is 394 g/mol. The van der Waals surface area contributed by atoms with E-state index in [0.29, 0.717) is 5.75 Å². The third-order valence-corrected chi connectivity index (χ3v) is 5.62. The van der Waals surface area contributed by atoms with Gasteiger partial charge in [-0.2, -0.15) is 0 Å². The predicted molar refractivity (Wildman–Crippen MR) is 115 cm³/mol. The van der Waals surface area contributed by atoms with Crippen molar-refractivity contribution in [3.05, 3.63) is 71.0 Å². The molecular weight excluding hydrogens is 368 g/mol. The van der Waals surface area contributed by atoms with Gasteiger partial charge in [0, 0.05) is 18.7 Å². The van der Waals surface area contributed by atoms with Gasteiger partial charge in [-0.15, -0.1) is 10.2 Å². The quantitative estimate of drug-likeness (QED) is 0.572. The highest BCUT2D eigenvalue weighted by molar-refractivity contribution is 7.99. The Bertz CT molecular complexity index is 937. The lowest BCUT2D eigenvalue weighted by atomic mass is 10.1. The van der Waals surface area contributed by atoms with Crippen LogP contribution < -0.4 is 5.32 Å². The summed E-state index contributed by atoms with van der Waals surface area (Å²) < 4.78 is 2.08. The molecule has 0 radical (unpaired) electrons. The van der Waals surface area contributed by atoms with Crippen LogP contribution in [-0.2, 0) is 24.2 Å². The van der Waals surface area contributed by atoms with Gasteiger partial charge < -0.3 is 9.88 Å². The molecule has 0 saturated carbocycles. The Morgan fingerprint density at radius 3 is 2.57 bits per heavy atom. The first-order chi connectivity index (χ1) is 13.6. The van der Waals surface area contributed by atoms with Gasteiger partial charge in [-0.1, -0.05) is 67.2 Å². The molecule has 0 unspecified atom stereocenters. The molecular formula is C22H26N4OS. The van der Waals surface area contributed by atoms with Gasteiger partial charge >= 0.3 is 0 Å². The van der Waals surface area contributed by atoms with Gasteiger partial charge in [-0.05, 0) is 37.0 Å². The van der Waals surface area contributed by atoms with Gasteiger partial charge in [-0.3, -0.25) is 4.79 Å². The minimum absolute atomic E-state index is 0.0238. The number of carbonyl (C=O) groups is 1. The summed E-state index contributed by atoms with van der Waals surface area (Å²) in [6.07, 6.45) is 1.62. The molecule has 28 heavy (non-hydrogen) atoms. The van der Waals surface area contributed by atoms with Crippen molar-refractivity contribution < 1.29 is 4.79 Å². The number of nitrogens with one attached hydrogen (secondary N) is 1. The lowest BCUT2D eigenvalue weighted by molar-refractivity contribution is -0.113. The normalized spacial score (nSPS) is 10.8. The Morgan fingerprint density at radius 1 is 1.07 bits per heavy atom. The zero-order chi connectivity index (χ0) is 19.9. The fourth-order valence-corrected chi connectivity index (χ4v) is 3.98. The molecule has 6 heteroatoms. The van der Waals surface area contributed by atoms with Crippen molar-refractivity contribution in [3.63, 3.8) is 0 Å². The van der Waals surface area contributed by atoms with E-state index in [1.165, 1.54) is 17.3 Å². The third-order valence-electron chi connectivity index (χ3n) is 4.65. The first-order valence-corrected chi connectivity index (χ1v) is 10.6. The molecule has 0 bridgehead atoms. The van der Waals surface area contributed by atoms with E-state index in [0.717, 1.165) is 47.2 Å². The van der Waals surface area contributed by atoms with E-state index in [2.05, 4.69) is 52.1 Å². The molecule has 146 valence electrons. The molecule has 1 amide bonds. The van der Waals surface area contributed by atoms with Crippen LogP contribution in [0.3, 0.4) is 0 Å². The van der Waals surface area contributed by atoms with Gasteiger partial charge in [0.15, 0.2) is 5.16 Å².